The average Bonchev–Trinajstić information content (AvgIpc) is 2.56. The van der Waals surface area contributed by atoms with Crippen LogP contribution in [-0.4, -0.2) is 18.6 Å². The monoisotopic (exact) mass is 325 g/mol. The number of carbonyl (C=O) groups is 1. The van der Waals surface area contributed by atoms with Gasteiger partial charge in [0, 0.05) is 17.3 Å². The van der Waals surface area contributed by atoms with Crippen LogP contribution < -0.4 is 14.8 Å². The highest BCUT2D eigenvalue weighted by Crippen LogP contribution is 2.20. The maximum atomic E-state index is 12.0. The summed E-state index contributed by atoms with van der Waals surface area (Å²) in [5, 5.41) is 2.82. The Bertz CT molecular complexity index is 690. The minimum atomic E-state index is -0.196. The van der Waals surface area contributed by atoms with E-state index in [-0.39, 0.29) is 12.0 Å². The molecule has 126 valence electrons. The predicted octanol–water partition coefficient (Wildman–Crippen LogP) is 4.52. The van der Waals surface area contributed by atoms with Crippen LogP contribution in [0.25, 0.3) is 6.08 Å². The van der Waals surface area contributed by atoms with Gasteiger partial charge in [0.25, 0.3) is 0 Å². The van der Waals surface area contributed by atoms with Gasteiger partial charge in [-0.15, -0.1) is 0 Å². The number of hydrogen-bond donors (Lipinski definition) is 1. The van der Waals surface area contributed by atoms with Crippen LogP contribution in [0.5, 0.6) is 11.5 Å². The van der Waals surface area contributed by atoms with Crippen LogP contribution in [0.3, 0.4) is 0 Å². The lowest BCUT2D eigenvalue weighted by molar-refractivity contribution is -0.111. The first-order valence-corrected chi connectivity index (χ1v) is 8.06. The van der Waals surface area contributed by atoms with Crippen LogP contribution in [0, 0.1) is 0 Å². The molecule has 1 N–H and O–H groups in total. The normalized spacial score (nSPS) is 10.8. The van der Waals surface area contributed by atoms with E-state index in [9.17, 15) is 4.79 Å². The van der Waals surface area contributed by atoms with Crippen LogP contribution in [0.4, 0.5) is 5.69 Å². The van der Waals surface area contributed by atoms with Gasteiger partial charge >= 0.3 is 0 Å². The lowest BCUT2D eigenvalue weighted by Crippen LogP contribution is -2.08. The van der Waals surface area contributed by atoms with E-state index >= 15 is 0 Å². The minimum absolute atomic E-state index is 0.124. The molecule has 2 rings (SSSR count). The summed E-state index contributed by atoms with van der Waals surface area (Å²) < 4.78 is 11.1. The standard InChI is InChI=1S/C20H23NO3/c1-4-23-19-8-6-5-7-16(19)9-14-20(22)21-17-10-12-18(13-11-17)24-15(2)3/h5-15H,4H2,1-3H3,(H,21,22)/b14-9+. The topological polar surface area (TPSA) is 47.6 Å². The van der Waals surface area contributed by atoms with E-state index in [1.54, 1.807) is 6.08 Å². The number of amides is 1. The maximum absolute atomic E-state index is 12.0. The average molecular weight is 325 g/mol. The Kier molecular flexibility index (Phi) is 6.43. The lowest BCUT2D eigenvalue weighted by Gasteiger charge is -2.10. The molecule has 0 fully saturated rings. The molecule has 0 heterocycles. The zero-order valence-corrected chi connectivity index (χ0v) is 14.3. The molecular formula is C20H23NO3. The molecule has 0 saturated heterocycles. The molecule has 2 aromatic rings. The van der Waals surface area contributed by atoms with Crippen molar-refractivity contribution in [3.05, 3.63) is 60.2 Å². The molecule has 0 aliphatic heterocycles. The Morgan fingerprint density at radius 3 is 2.50 bits per heavy atom. The van der Waals surface area contributed by atoms with Gasteiger partial charge in [-0.05, 0) is 57.2 Å². The minimum Gasteiger partial charge on any atom is -0.493 e. The van der Waals surface area contributed by atoms with Crippen molar-refractivity contribution in [2.24, 2.45) is 0 Å². The quantitative estimate of drug-likeness (QED) is 0.761. The van der Waals surface area contributed by atoms with Gasteiger partial charge in [0.05, 0.1) is 12.7 Å². The van der Waals surface area contributed by atoms with Crippen molar-refractivity contribution < 1.29 is 14.3 Å². The predicted molar refractivity (Wildman–Crippen MR) is 97.5 cm³/mol. The van der Waals surface area contributed by atoms with E-state index in [1.165, 1.54) is 6.08 Å². The summed E-state index contributed by atoms with van der Waals surface area (Å²) in [6.07, 6.45) is 3.37. The highest BCUT2D eigenvalue weighted by molar-refractivity contribution is 6.02. The molecule has 0 aliphatic rings. The Hall–Kier alpha value is -2.75. The first-order chi connectivity index (χ1) is 11.6. The molecule has 0 aromatic heterocycles. The molecule has 0 saturated carbocycles. The molecule has 0 aliphatic carbocycles. The van der Waals surface area contributed by atoms with E-state index < -0.39 is 0 Å². The van der Waals surface area contributed by atoms with Crippen LogP contribution in [0.2, 0.25) is 0 Å². The van der Waals surface area contributed by atoms with Crippen molar-refractivity contribution in [2.75, 3.05) is 11.9 Å². The second-order valence-corrected chi connectivity index (χ2v) is 5.48. The van der Waals surface area contributed by atoms with E-state index in [4.69, 9.17) is 9.47 Å². The molecule has 0 unspecified atom stereocenters. The zero-order chi connectivity index (χ0) is 17.4. The van der Waals surface area contributed by atoms with Gasteiger partial charge in [0.2, 0.25) is 5.91 Å². The molecule has 0 atom stereocenters. The summed E-state index contributed by atoms with van der Waals surface area (Å²) >= 11 is 0. The Labute approximate surface area is 143 Å². The molecule has 1 amide bonds. The summed E-state index contributed by atoms with van der Waals surface area (Å²) in [6.45, 7) is 6.46. The van der Waals surface area contributed by atoms with Gasteiger partial charge in [-0.3, -0.25) is 4.79 Å². The van der Waals surface area contributed by atoms with Crippen molar-refractivity contribution in [1.29, 1.82) is 0 Å². The molecule has 4 nitrogen and oxygen atoms in total. The third-order valence-corrected chi connectivity index (χ3v) is 3.13. The van der Waals surface area contributed by atoms with Gasteiger partial charge in [-0.2, -0.15) is 0 Å². The van der Waals surface area contributed by atoms with Gasteiger partial charge in [-0.1, -0.05) is 18.2 Å². The first-order valence-electron chi connectivity index (χ1n) is 8.06. The van der Waals surface area contributed by atoms with Crippen molar-refractivity contribution >= 4 is 17.7 Å². The van der Waals surface area contributed by atoms with E-state index in [0.29, 0.717) is 6.61 Å². The van der Waals surface area contributed by atoms with Crippen LogP contribution in [-0.2, 0) is 4.79 Å². The second kappa shape index (κ2) is 8.77. The van der Waals surface area contributed by atoms with Crippen molar-refractivity contribution in [1.82, 2.24) is 0 Å². The van der Waals surface area contributed by atoms with Crippen LogP contribution >= 0.6 is 0 Å². The Morgan fingerprint density at radius 2 is 1.83 bits per heavy atom. The number of para-hydroxylation sites is 1. The zero-order valence-electron chi connectivity index (χ0n) is 14.3. The Balaban J connectivity index is 1.98. The molecule has 2 aromatic carbocycles. The summed E-state index contributed by atoms with van der Waals surface area (Å²) in [4.78, 5) is 12.0. The fourth-order valence-corrected chi connectivity index (χ4v) is 2.14. The van der Waals surface area contributed by atoms with Crippen LogP contribution in [0.15, 0.2) is 54.6 Å². The molecule has 0 bridgehead atoms. The lowest BCUT2D eigenvalue weighted by atomic mass is 10.2. The molecule has 0 radical (unpaired) electrons. The molecule has 24 heavy (non-hydrogen) atoms. The number of rotatable bonds is 7. The maximum Gasteiger partial charge on any atom is 0.248 e. The largest absolute Gasteiger partial charge is 0.493 e. The fraction of sp³-hybridized carbons (Fsp3) is 0.250. The number of hydrogen-bond acceptors (Lipinski definition) is 3. The number of nitrogens with one attached hydrogen (secondary N) is 1. The third kappa shape index (κ3) is 5.47. The Morgan fingerprint density at radius 1 is 1.12 bits per heavy atom. The van der Waals surface area contributed by atoms with Gasteiger partial charge in [0.15, 0.2) is 0 Å². The number of anilines is 1. The summed E-state index contributed by atoms with van der Waals surface area (Å²) in [5.74, 6) is 1.35. The molecular weight excluding hydrogens is 302 g/mol. The van der Waals surface area contributed by atoms with Crippen molar-refractivity contribution in [2.45, 2.75) is 26.9 Å². The fourth-order valence-electron chi connectivity index (χ4n) is 2.14. The highest BCUT2D eigenvalue weighted by Gasteiger charge is 2.02. The summed E-state index contributed by atoms with van der Waals surface area (Å²) in [5.41, 5.74) is 1.59. The van der Waals surface area contributed by atoms with E-state index in [0.717, 1.165) is 22.7 Å². The van der Waals surface area contributed by atoms with Gasteiger partial charge < -0.3 is 14.8 Å². The SMILES string of the molecule is CCOc1ccccc1/C=C/C(=O)Nc1ccc(OC(C)C)cc1. The second-order valence-electron chi connectivity index (χ2n) is 5.48. The van der Waals surface area contributed by atoms with Crippen molar-refractivity contribution in [3.8, 4) is 11.5 Å². The number of benzene rings is 2. The summed E-state index contributed by atoms with van der Waals surface area (Å²) in [6, 6.07) is 14.9. The number of carbonyl (C=O) groups excluding carboxylic acids is 1. The molecule has 0 spiro atoms. The van der Waals surface area contributed by atoms with Crippen LogP contribution in [0.1, 0.15) is 26.3 Å². The smallest absolute Gasteiger partial charge is 0.248 e. The highest BCUT2D eigenvalue weighted by atomic mass is 16.5. The van der Waals surface area contributed by atoms with Gasteiger partial charge in [-0.25, -0.2) is 0 Å². The number of ether oxygens (including phenoxy) is 2. The van der Waals surface area contributed by atoms with E-state index in [2.05, 4.69) is 5.32 Å². The summed E-state index contributed by atoms with van der Waals surface area (Å²) in [7, 11) is 0. The van der Waals surface area contributed by atoms with Gasteiger partial charge in [0.1, 0.15) is 11.5 Å². The van der Waals surface area contributed by atoms with E-state index in [1.807, 2.05) is 69.3 Å². The molecule has 4 heteroatoms. The first kappa shape index (κ1) is 17.6. The van der Waals surface area contributed by atoms with Crippen molar-refractivity contribution in [3.63, 3.8) is 0 Å². The third-order valence-electron chi connectivity index (χ3n) is 3.13.